The smallest absolute Gasteiger partial charge is 0.270 e. The summed E-state index contributed by atoms with van der Waals surface area (Å²) in [6.45, 7) is 3.80. The molecule has 0 aliphatic carbocycles. The molecule has 0 aliphatic heterocycles. The lowest BCUT2D eigenvalue weighted by Crippen LogP contribution is -2.30. The fourth-order valence-electron chi connectivity index (χ4n) is 1.66. The van der Waals surface area contributed by atoms with Gasteiger partial charge >= 0.3 is 0 Å². The van der Waals surface area contributed by atoms with Crippen LogP contribution in [0.15, 0.2) is 23.8 Å². The van der Waals surface area contributed by atoms with Crippen LogP contribution in [0.1, 0.15) is 22.4 Å². The summed E-state index contributed by atoms with van der Waals surface area (Å²) in [6, 6.07) is 1.88. The molecule has 2 rings (SSSR count). The number of rotatable bonds is 6. The molecular formula is C12H18ClN5OS. The maximum atomic E-state index is 11.9. The molecule has 6 nitrogen and oxygen atoms in total. The average Bonchev–Trinajstić information content (AvgIpc) is 3.06. The fraction of sp³-hybridized carbons (Fsp3) is 0.417. The molecule has 0 bridgehead atoms. The predicted octanol–water partition coefficient (Wildman–Crippen LogP) is 1.29. The van der Waals surface area contributed by atoms with Crippen molar-refractivity contribution in [2.45, 2.75) is 20.0 Å². The Kier molecular flexibility index (Phi) is 6.63. The van der Waals surface area contributed by atoms with Gasteiger partial charge in [0.15, 0.2) is 0 Å². The highest BCUT2D eigenvalue weighted by atomic mass is 35.5. The van der Waals surface area contributed by atoms with Crippen LogP contribution in [0.5, 0.6) is 0 Å². The number of hydrogen-bond donors (Lipinski definition) is 2. The van der Waals surface area contributed by atoms with Crippen molar-refractivity contribution in [2.75, 3.05) is 6.54 Å². The highest BCUT2D eigenvalue weighted by Gasteiger charge is 2.11. The number of nitrogens with two attached hydrogens (primary N) is 1. The minimum Gasteiger partial charge on any atom is -0.350 e. The quantitative estimate of drug-likeness (QED) is 0.841. The summed E-state index contributed by atoms with van der Waals surface area (Å²) in [7, 11) is 0. The maximum absolute atomic E-state index is 11.9. The van der Waals surface area contributed by atoms with Crippen molar-refractivity contribution < 1.29 is 4.79 Å². The molecule has 0 saturated carbocycles. The van der Waals surface area contributed by atoms with Gasteiger partial charge in [-0.15, -0.1) is 23.7 Å². The monoisotopic (exact) mass is 315 g/mol. The number of hydrogen-bond acceptors (Lipinski definition) is 5. The topological polar surface area (TPSA) is 85.8 Å². The molecule has 0 aromatic carbocycles. The molecule has 0 aliphatic rings. The molecule has 3 N–H and O–H groups in total. The SMILES string of the molecule is CC(CNC(=O)c1csc(CN)n1)Cn1cccn1.Cl. The normalized spacial score (nSPS) is 11.7. The third kappa shape index (κ3) is 4.59. The Morgan fingerprint density at radius 1 is 1.60 bits per heavy atom. The van der Waals surface area contributed by atoms with E-state index in [4.69, 9.17) is 5.73 Å². The largest absolute Gasteiger partial charge is 0.350 e. The van der Waals surface area contributed by atoms with E-state index in [9.17, 15) is 4.79 Å². The second-order valence-corrected chi connectivity index (χ2v) is 5.32. The lowest BCUT2D eigenvalue weighted by molar-refractivity contribution is 0.0942. The number of nitrogens with zero attached hydrogens (tertiary/aromatic N) is 3. The molecule has 0 radical (unpaired) electrons. The summed E-state index contributed by atoms with van der Waals surface area (Å²) in [5.41, 5.74) is 5.91. The zero-order chi connectivity index (χ0) is 13.7. The van der Waals surface area contributed by atoms with Crippen LogP contribution >= 0.6 is 23.7 Å². The molecule has 1 atom stereocenters. The zero-order valence-corrected chi connectivity index (χ0v) is 12.8. The Hall–Kier alpha value is -1.44. The van der Waals surface area contributed by atoms with E-state index in [2.05, 4.69) is 22.3 Å². The van der Waals surface area contributed by atoms with Gasteiger partial charge < -0.3 is 11.1 Å². The fourth-order valence-corrected chi connectivity index (χ4v) is 2.31. The molecule has 1 amide bonds. The Labute approximate surface area is 127 Å². The third-order valence-electron chi connectivity index (χ3n) is 2.63. The maximum Gasteiger partial charge on any atom is 0.270 e. The Bertz CT molecular complexity index is 528. The van der Waals surface area contributed by atoms with Crippen molar-refractivity contribution in [3.05, 3.63) is 34.5 Å². The lowest BCUT2D eigenvalue weighted by atomic mass is 10.2. The van der Waals surface area contributed by atoms with Crippen LogP contribution in [0.3, 0.4) is 0 Å². The molecule has 2 aromatic rings. The number of carbonyl (C=O) groups excluding carboxylic acids is 1. The van der Waals surface area contributed by atoms with E-state index in [0.29, 0.717) is 24.7 Å². The molecule has 0 spiro atoms. The summed E-state index contributed by atoms with van der Waals surface area (Å²) >= 11 is 1.40. The molecule has 2 heterocycles. The number of amides is 1. The third-order valence-corrected chi connectivity index (χ3v) is 3.50. The Morgan fingerprint density at radius 3 is 3.00 bits per heavy atom. The number of nitrogens with one attached hydrogen (secondary N) is 1. The molecule has 1 unspecified atom stereocenters. The number of carbonyl (C=O) groups is 1. The van der Waals surface area contributed by atoms with Gasteiger partial charge in [-0.3, -0.25) is 9.48 Å². The minimum absolute atomic E-state index is 0. The number of thiazole rings is 1. The standard InChI is InChI=1S/C12H17N5OS.ClH/c1-9(7-17-4-2-3-15-17)6-14-12(18)10-8-19-11(5-13)16-10;/h2-4,8-9H,5-7,13H2,1H3,(H,14,18);1H. The van der Waals surface area contributed by atoms with E-state index >= 15 is 0 Å². The van der Waals surface area contributed by atoms with Crippen LogP contribution in [0.2, 0.25) is 0 Å². The molecule has 0 fully saturated rings. The van der Waals surface area contributed by atoms with Crippen LogP contribution in [0.4, 0.5) is 0 Å². The van der Waals surface area contributed by atoms with Gasteiger partial charge in [-0.05, 0) is 12.0 Å². The number of halogens is 1. The average molecular weight is 316 g/mol. The van der Waals surface area contributed by atoms with Crippen molar-refractivity contribution in [1.29, 1.82) is 0 Å². The van der Waals surface area contributed by atoms with Gasteiger partial charge in [0, 0.05) is 37.4 Å². The second kappa shape index (κ2) is 7.98. The van der Waals surface area contributed by atoms with Crippen LogP contribution < -0.4 is 11.1 Å². The molecule has 0 saturated heterocycles. The van der Waals surface area contributed by atoms with Gasteiger partial charge in [0.2, 0.25) is 0 Å². The summed E-state index contributed by atoms with van der Waals surface area (Å²) in [6.07, 6.45) is 3.65. The highest BCUT2D eigenvalue weighted by molar-refractivity contribution is 7.09. The molecular weight excluding hydrogens is 298 g/mol. The van der Waals surface area contributed by atoms with E-state index in [0.717, 1.165) is 11.6 Å². The highest BCUT2D eigenvalue weighted by Crippen LogP contribution is 2.08. The predicted molar refractivity (Wildman–Crippen MR) is 81.0 cm³/mol. The summed E-state index contributed by atoms with van der Waals surface area (Å²) < 4.78 is 1.85. The number of aromatic nitrogens is 3. The van der Waals surface area contributed by atoms with E-state index in [1.807, 2.05) is 16.9 Å². The van der Waals surface area contributed by atoms with Crippen LogP contribution in [0.25, 0.3) is 0 Å². The van der Waals surface area contributed by atoms with Crippen LogP contribution in [0, 0.1) is 5.92 Å². The molecule has 8 heteroatoms. The van der Waals surface area contributed by atoms with Crippen molar-refractivity contribution in [1.82, 2.24) is 20.1 Å². The van der Waals surface area contributed by atoms with Gasteiger partial charge in [0.1, 0.15) is 10.7 Å². The van der Waals surface area contributed by atoms with Gasteiger partial charge in [0.25, 0.3) is 5.91 Å². The van der Waals surface area contributed by atoms with Gasteiger partial charge in [-0.1, -0.05) is 6.92 Å². The van der Waals surface area contributed by atoms with Crippen molar-refractivity contribution in [3.63, 3.8) is 0 Å². The van der Waals surface area contributed by atoms with Crippen molar-refractivity contribution in [2.24, 2.45) is 11.7 Å². The van der Waals surface area contributed by atoms with E-state index in [1.165, 1.54) is 11.3 Å². The molecule has 110 valence electrons. The van der Waals surface area contributed by atoms with Crippen LogP contribution in [-0.4, -0.2) is 27.2 Å². The summed E-state index contributed by atoms with van der Waals surface area (Å²) in [5, 5.41) is 9.51. The van der Waals surface area contributed by atoms with Gasteiger partial charge in [0.05, 0.1) is 0 Å². The second-order valence-electron chi connectivity index (χ2n) is 4.37. The summed E-state index contributed by atoms with van der Waals surface area (Å²) in [4.78, 5) is 16.0. The Balaban J connectivity index is 0.00000200. The van der Waals surface area contributed by atoms with Gasteiger partial charge in [-0.2, -0.15) is 5.10 Å². The van der Waals surface area contributed by atoms with E-state index in [1.54, 1.807) is 11.6 Å². The summed E-state index contributed by atoms with van der Waals surface area (Å²) in [5.74, 6) is 0.153. The van der Waals surface area contributed by atoms with E-state index < -0.39 is 0 Å². The first-order valence-electron chi connectivity index (χ1n) is 6.09. The van der Waals surface area contributed by atoms with Crippen molar-refractivity contribution in [3.8, 4) is 0 Å². The first-order valence-corrected chi connectivity index (χ1v) is 6.97. The molecule has 20 heavy (non-hydrogen) atoms. The van der Waals surface area contributed by atoms with Gasteiger partial charge in [-0.25, -0.2) is 4.98 Å². The van der Waals surface area contributed by atoms with E-state index in [-0.39, 0.29) is 18.3 Å². The lowest BCUT2D eigenvalue weighted by Gasteiger charge is -2.12. The van der Waals surface area contributed by atoms with Crippen molar-refractivity contribution >= 4 is 29.7 Å². The minimum atomic E-state index is -0.150. The first kappa shape index (κ1) is 16.6. The van der Waals surface area contributed by atoms with Crippen LogP contribution in [-0.2, 0) is 13.1 Å². The first-order chi connectivity index (χ1) is 9.19. The Morgan fingerprint density at radius 2 is 2.40 bits per heavy atom. The molecule has 2 aromatic heterocycles. The zero-order valence-electron chi connectivity index (χ0n) is 11.2.